The Kier molecular flexibility index (Phi) is 11.3. The van der Waals surface area contributed by atoms with Gasteiger partial charge in [0, 0.05) is 26.2 Å². The average Bonchev–Trinajstić information content (AvgIpc) is 3.04. The molecule has 1 aliphatic heterocycles. The Hall–Kier alpha value is -0.940. The summed E-state index contributed by atoms with van der Waals surface area (Å²) in [6.07, 6.45) is 3.92. The van der Waals surface area contributed by atoms with Crippen LogP contribution >= 0.6 is 35.3 Å². The lowest BCUT2D eigenvalue weighted by molar-refractivity contribution is 0.0531. The molecule has 160 valence electrons. The van der Waals surface area contributed by atoms with Crippen molar-refractivity contribution < 1.29 is 9.53 Å². The van der Waals surface area contributed by atoms with Gasteiger partial charge in [0.1, 0.15) is 9.88 Å². The molecule has 2 unspecified atom stereocenters. The molecule has 28 heavy (non-hydrogen) atoms. The second-order valence-electron chi connectivity index (χ2n) is 6.93. The summed E-state index contributed by atoms with van der Waals surface area (Å²) < 4.78 is 5.09. The van der Waals surface area contributed by atoms with Crippen LogP contribution in [0.5, 0.6) is 0 Å². The van der Waals surface area contributed by atoms with Crippen molar-refractivity contribution in [1.29, 1.82) is 0 Å². The van der Waals surface area contributed by atoms with Gasteiger partial charge in [0.25, 0.3) is 0 Å². The summed E-state index contributed by atoms with van der Waals surface area (Å²) in [6.45, 7) is 11.4. The zero-order chi connectivity index (χ0) is 19.8. The van der Waals surface area contributed by atoms with Crippen molar-refractivity contribution in [3.05, 3.63) is 15.6 Å². The van der Waals surface area contributed by atoms with Crippen LogP contribution in [0.1, 0.15) is 66.4 Å². The van der Waals surface area contributed by atoms with Gasteiger partial charge in [0.05, 0.1) is 18.3 Å². The number of aryl methyl sites for hydroxylation is 1. The van der Waals surface area contributed by atoms with E-state index in [-0.39, 0.29) is 36.0 Å². The second kappa shape index (κ2) is 12.6. The summed E-state index contributed by atoms with van der Waals surface area (Å²) in [4.78, 5) is 23.9. The molecule has 9 heteroatoms. The summed E-state index contributed by atoms with van der Waals surface area (Å²) in [6, 6.07) is 0.617. The maximum Gasteiger partial charge on any atom is 0.350 e. The third-order valence-corrected chi connectivity index (χ3v) is 6.17. The van der Waals surface area contributed by atoms with Crippen molar-refractivity contribution in [1.82, 2.24) is 20.5 Å². The molecule has 7 nitrogen and oxygen atoms in total. The summed E-state index contributed by atoms with van der Waals surface area (Å²) in [5, 5.41) is 7.59. The first-order valence-corrected chi connectivity index (χ1v) is 10.6. The summed E-state index contributed by atoms with van der Waals surface area (Å²) >= 11 is 1.38. The number of thiazole rings is 1. The number of likely N-dealkylation sites (tertiary alicyclic amines) is 1. The molecule has 1 saturated heterocycles. The van der Waals surface area contributed by atoms with Crippen LogP contribution in [-0.4, -0.2) is 61.1 Å². The van der Waals surface area contributed by atoms with Gasteiger partial charge < -0.3 is 15.4 Å². The number of rotatable bonds is 7. The van der Waals surface area contributed by atoms with Crippen molar-refractivity contribution in [2.24, 2.45) is 4.99 Å². The van der Waals surface area contributed by atoms with Gasteiger partial charge in [-0.15, -0.1) is 35.3 Å². The van der Waals surface area contributed by atoms with Crippen LogP contribution < -0.4 is 10.6 Å². The number of aromatic nitrogens is 1. The number of hydrogen-bond donors (Lipinski definition) is 2. The molecule has 1 aromatic heterocycles. The molecule has 1 fully saturated rings. The fraction of sp³-hybridized carbons (Fsp3) is 0.737. The molecule has 0 aliphatic carbocycles. The van der Waals surface area contributed by atoms with E-state index in [4.69, 9.17) is 4.74 Å². The van der Waals surface area contributed by atoms with E-state index in [2.05, 4.69) is 32.4 Å². The maximum atomic E-state index is 12.0. The minimum atomic E-state index is -0.302. The molecule has 2 heterocycles. The van der Waals surface area contributed by atoms with E-state index in [1.165, 1.54) is 37.1 Å². The zero-order valence-electron chi connectivity index (χ0n) is 17.6. The minimum absolute atomic E-state index is 0. The van der Waals surface area contributed by atoms with Crippen LogP contribution in [0.25, 0.3) is 0 Å². The molecule has 2 rings (SSSR count). The first kappa shape index (κ1) is 25.1. The van der Waals surface area contributed by atoms with Gasteiger partial charge in [-0.3, -0.25) is 9.89 Å². The van der Waals surface area contributed by atoms with Crippen LogP contribution in [0.4, 0.5) is 0 Å². The van der Waals surface area contributed by atoms with Crippen LogP contribution in [0.15, 0.2) is 4.99 Å². The fourth-order valence-electron chi connectivity index (χ4n) is 3.26. The van der Waals surface area contributed by atoms with Crippen molar-refractivity contribution in [2.75, 3.05) is 33.3 Å². The predicted molar refractivity (Wildman–Crippen MR) is 126 cm³/mol. The summed E-state index contributed by atoms with van der Waals surface area (Å²) in [7, 11) is 1.77. The normalized spacial score (nSPS) is 18.9. The first-order valence-electron chi connectivity index (χ1n) is 9.81. The smallest absolute Gasteiger partial charge is 0.350 e. The number of carbonyl (C=O) groups excluding carboxylic acids is 1. The van der Waals surface area contributed by atoms with Crippen LogP contribution in [0.3, 0.4) is 0 Å². The molecule has 2 atom stereocenters. The molecule has 0 amide bonds. The number of halogens is 1. The van der Waals surface area contributed by atoms with Crippen molar-refractivity contribution >= 4 is 47.2 Å². The lowest BCUT2D eigenvalue weighted by atomic mass is 10.0. The largest absolute Gasteiger partial charge is 0.462 e. The SMILES string of the molecule is CCOC(=O)c1sc(C(C)NC(=NC)NCCN2CCCCC2C)nc1C.I. The summed E-state index contributed by atoms with van der Waals surface area (Å²) in [5.74, 6) is 0.446. The van der Waals surface area contributed by atoms with E-state index in [0.29, 0.717) is 23.2 Å². The molecule has 1 aromatic rings. The molecule has 0 aromatic carbocycles. The lowest BCUT2D eigenvalue weighted by Gasteiger charge is -2.33. The number of piperidine rings is 1. The molecular weight excluding hydrogens is 489 g/mol. The van der Waals surface area contributed by atoms with E-state index in [9.17, 15) is 4.79 Å². The number of nitrogens with zero attached hydrogens (tertiary/aromatic N) is 3. The van der Waals surface area contributed by atoms with Crippen molar-refractivity contribution in [3.8, 4) is 0 Å². The van der Waals surface area contributed by atoms with E-state index >= 15 is 0 Å². The Bertz CT molecular complexity index is 652. The van der Waals surface area contributed by atoms with Crippen LogP contribution in [0, 0.1) is 6.92 Å². The number of nitrogens with one attached hydrogen (secondary N) is 2. The van der Waals surface area contributed by atoms with Gasteiger partial charge in [-0.1, -0.05) is 6.42 Å². The number of carbonyl (C=O) groups is 1. The summed E-state index contributed by atoms with van der Waals surface area (Å²) in [5.41, 5.74) is 0.712. The second-order valence-corrected chi connectivity index (χ2v) is 7.96. The number of aliphatic imine (C=N–C) groups is 1. The Labute approximate surface area is 189 Å². The van der Waals surface area contributed by atoms with E-state index < -0.39 is 0 Å². The van der Waals surface area contributed by atoms with E-state index in [0.717, 1.165) is 24.1 Å². The molecule has 0 saturated carbocycles. The Morgan fingerprint density at radius 1 is 1.46 bits per heavy atom. The topological polar surface area (TPSA) is 78.8 Å². The zero-order valence-corrected chi connectivity index (χ0v) is 20.7. The predicted octanol–water partition coefficient (Wildman–Crippen LogP) is 3.35. The third-order valence-electron chi connectivity index (χ3n) is 4.85. The average molecular weight is 523 g/mol. The molecule has 1 aliphatic rings. The lowest BCUT2D eigenvalue weighted by Crippen LogP contribution is -2.45. The van der Waals surface area contributed by atoms with Gasteiger partial charge in [-0.25, -0.2) is 9.78 Å². The molecule has 0 radical (unpaired) electrons. The van der Waals surface area contributed by atoms with Gasteiger partial charge in [0.15, 0.2) is 5.96 Å². The molecular formula is C19H34IN5O2S. The number of hydrogen-bond acceptors (Lipinski definition) is 6. The Morgan fingerprint density at radius 3 is 2.86 bits per heavy atom. The van der Waals surface area contributed by atoms with Crippen molar-refractivity contribution in [3.63, 3.8) is 0 Å². The third kappa shape index (κ3) is 7.14. The first-order chi connectivity index (χ1) is 13.0. The molecule has 0 spiro atoms. The number of guanidine groups is 1. The van der Waals surface area contributed by atoms with Crippen LogP contribution in [0.2, 0.25) is 0 Å². The number of ether oxygens (including phenoxy) is 1. The Balaban J connectivity index is 0.00000392. The quantitative estimate of drug-likeness (QED) is 0.247. The van der Waals surface area contributed by atoms with Gasteiger partial charge >= 0.3 is 5.97 Å². The minimum Gasteiger partial charge on any atom is -0.462 e. The van der Waals surface area contributed by atoms with Gasteiger partial charge in [-0.05, 0) is 47.1 Å². The highest BCUT2D eigenvalue weighted by atomic mass is 127. The number of esters is 1. The Morgan fingerprint density at radius 2 is 2.21 bits per heavy atom. The van der Waals surface area contributed by atoms with Gasteiger partial charge in [-0.2, -0.15) is 0 Å². The van der Waals surface area contributed by atoms with Crippen molar-refractivity contribution in [2.45, 2.75) is 59.0 Å². The van der Waals surface area contributed by atoms with E-state index in [1.54, 1.807) is 14.0 Å². The highest BCUT2D eigenvalue weighted by Gasteiger charge is 2.20. The highest BCUT2D eigenvalue weighted by Crippen LogP contribution is 2.24. The standard InChI is InChI=1S/C19H33N5O2S.HI/c1-6-26-18(25)16-14(3)22-17(27-16)15(4)23-19(20-5)21-10-12-24-11-8-7-9-13(24)2;/h13,15H,6-12H2,1-5H3,(H2,20,21,23);1H. The maximum absolute atomic E-state index is 12.0. The monoisotopic (exact) mass is 523 g/mol. The van der Waals surface area contributed by atoms with E-state index in [1.807, 2.05) is 13.8 Å². The van der Waals surface area contributed by atoms with Gasteiger partial charge in [0.2, 0.25) is 0 Å². The molecule has 2 N–H and O–H groups in total. The van der Waals surface area contributed by atoms with Crippen LogP contribution in [-0.2, 0) is 4.74 Å². The molecule has 0 bridgehead atoms. The fourth-order valence-corrected chi connectivity index (χ4v) is 4.22. The highest BCUT2D eigenvalue weighted by molar-refractivity contribution is 14.0.